The summed E-state index contributed by atoms with van der Waals surface area (Å²) in [7, 11) is 1.38. The molecule has 0 aliphatic carbocycles. The Morgan fingerprint density at radius 3 is 2.10 bits per heavy atom. The van der Waals surface area contributed by atoms with E-state index >= 15 is 0 Å². The molecule has 0 unspecified atom stereocenters. The summed E-state index contributed by atoms with van der Waals surface area (Å²) in [5, 5.41) is 11.8. The van der Waals surface area contributed by atoms with Crippen molar-refractivity contribution >= 4 is 17.6 Å². The Bertz CT molecular complexity index is 966. The first-order valence-corrected chi connectivity index (χ1v) is 9.60. The molecule has 3 rings (SSSR count). The van der Waals surface area contributed by atoms with Crippen LogP contribution in [0.25, 0.3) is 0 Å². The lowest BCUT2D eigenvalue weighted by Gasteiger charge is -2.12. The van der Waals surface area contributed by atoms with Gasteiger partial charge in [0.05, 0.1) is 6.26 Å². The fourth-order valence-corrected chi connectivity index (χ4v) is 2.76. The maximum absolute atomic E-state index is 11.9. The highest BCUT2D eigenvalue weighted by molar-refractivity contribution is 6.02. The monoisotopic (exact) mass is 425 g/mol. The highest BCUT2D eigenvalue weighted by Crippen LogP contribution is 2.17. The van der Waals surface area contributed by atoms with Crippen molar-refractivity contribution in [1.82, 2.24) is 0 Å². The molecule has 3 aromatic rings. The van der Waals surface area contributed by atoms with Crippen molar-refractivity contribution in [1.29, 1.82) is 0 Å². The molecule has 0 saturated heterocycles. The Labute approximate surface area is 179 Å². The second-order valence-corrected chi connectivity index (χ2v) is 6.56. The van der Waals surface area contributed by atoms with E-state index in [9.17, 15) is 9.59 Å². The number of furan rings is 1. The number of amides is 1. The van der Waals surface area contributed by atoms with Crippen LogP contribution in [-0.2, 0) is 16.0 Å². The molecule has 1 aromatic heterocycles. The Morgan fingerprint density at radius 2 is 1.58 bits per heavy atom. The average Bonchev–Trinajstić information content (AvgIpc) is 3.32. The van der Waals surface area contributed by atoms with Gasteiger partial charge in [-0.15, -0.1) is 0 Å². The number of hydrogen-bond acceptors (Lipinski definition) is 6. The molecule has 1 heterocycles. The fraction of sp³-hybridized carbons (Fsp3) is 0.217. The predicted molar refractivity (Wildman–Crippen MR) is 113 cm³/mol. The van der Waals surface area contributed by atoms with E-state index in [-0.39, 0.29) is 18.1 Å². The summed E-state index contributed by atoms with van der Waals surface area (Å²) in [6.07, 6.45) is 0.857. The summed E-state index contributed by atoms with van der Waals surface area (Å²) in [5.41, 5.74) is 1.47. The van der Waals surface area contributed by atoms with Crippen molar-refractivity contribution in [3.63, 3.8) is 0 Å². The van der Waals surface area contributed by atoms with E-state index in [0.29, 0.717) is 30.4 Å². The van der Waals surface area contributed by atoms with Crippen LogP contribution in [0, 0.1) is 0 Å². The van der Waals surface area contributed by atoms with Gasteiger partial charge in [0, 0.05) is 19.2 Å². The van der Waals surface area contributed by atoms with Crippen molar-refractivity contribution in [2.24, 2.45) is 0 Å². The highest BCUT2D eigenvalue weighted by atomic mass is 16.5. The lowest BCUT2D eigenvalue weighted by molar-refractivity contribution is -0.148. The number of benzene rings is 2. The molecule has 0 aliphatic rings. The van der Waals surface area contributed by atoms with Gasteiger partial charge in [-0.25, -0.2) is 4.79 Å². The Morgan fingerprint density at radius 1 is 0.968 bits per heavy atom. The maximum atomic E-state index is 11.9. The van der Waals surface area contributed by atoms with E-state index in [1.54, 1.807) is 60.7 Å². The number of anilines is 1. The quantitative estimate of drug-likeness (QED) is 0.452. The number of carbonyl (C=O) groups excluding carboxylic acids is 1. The molecule has 31 heavy (non-hydrogen) atoms. The standard InChI is InChI=1S/C23H23NO7/c1-28-21(23(26)27)15-16-4-8-18(9-5-16)29-13-14-30-19-10-6-17(7-11-19)24-22(25)20-3-2-12-31-20/h2-12,21H,13-15H2,1H3,(H,24,25)(H,26,27)/t21-/m0/s1. The van der Waals surface area contributed by atoms with Crippen LogP contribution in [0.3, 0.4) is 0 Å². The summed E-state index contributed by atoms with van der Waals surface area (Å²) in [4.78, 5) is 23.0. The number of methoxy groups -OCH3 is 1. The minimum atomic E-state index is -0.993. The van der Waals surface area contributed by atoms with Gasteiger partial charge < -0.3 is 29.1 Å². The van der Waals surface area contributed by atoms with Crippen molar-refractivity contribution in [3.05, 3.63) is 78.3 Å². The molecule has 0 bridgehead atoms. The number of carboxylic acids is 1. The molecular formula is C23H23NO7. The van der Waals surface area contributed by atoms with Gasteiger partial charge in [0.2, 0.25) is 0 Å². The van der Waals surface area contributed by atoms with Gasteiger partial charge in [-0.2, -0.15) is 0 Å². The van der Waals surface area contributed by atoms with Crippen LogP contribution in [0.1, 0.15) is 16.1 Å². The van der Waals surface area contributed by atoms with Crippen molar-refractivity contribution in [3.8, 4) is 11.5 Å². The van der Waals surface area contributed by atoms with Crippen LogP contribution in [0.2, 0.25) is 0 Å². The third-order valence-corrected chi connectivity index (χ3v) is 4.38. The Hall–Kier alpha value is -3.78. The molecule has 0 radical (unpaired) electrons. The highest BCUT2D eigenvalue weighted by Gasteiger charge is 2.16. The van der Waals surface area contributed by atoms with Crippen molar-refractivity contribution < 1.29 is 33.3 Å². The van der Waals surface area contributed by atoms with Crippen LogP contribution in [-0.4, -0.2) is 43.4 Å². The van der Waals surface area contributed by atoms with E-state index in [1.165, 1.54) is 13.4 Å². The molecule has 2 aromatic carbocycles. The molecule has 1 amide bonds. The number of nitrogens with one attached hydrogen (secondary N) is 1. The molecule has 0 spiro atoms. The molecule has 0 saturated carbocycles. The smallest absolute Gasteiger partial charge is 0.333 e. The second kappa shape index (κ2) is 10.8. The second-order valence-electron chi connectivity index (χ2n) is 6.56. The average molecular weight is 425 g/mol. The van der Waals surface area contributed by atoms with Crippen LogP contribution in [0.15, 0.2) is 71.3 Å². The number of hydrogen-bond donors (Lipinski definition) is 2. The molecule has 8 heteroatoms. The minimum absolute atomic E-state index is 0.242. The minimum Gasteiger partial charge on any atom is -0.490 e. The van der Waals surface area contributed by atoms with Crippen LogP contribution < -0.4 is 14.8 Å². The van der Waals surface area contributed by atoms with Crippen LogP contribution in [0.4, 0.5) is 5.69 Å². The molecule has 8 nitrogen and oxygen atoms in total. The number of rotatable bonds is 11. The molecule has 0 fully saturated rings. The number of carbonyl (C=O) groups is 2. The predicted octanol–water partition coefficient (Wildman–Crippen LogP) is 3.63. The lowest BCUT2D eigenvalue weighted by atomic mass is 10.1. The molecular weight excluding hydrogens is 402 g/mol. The van der Waals surface area contributed by atoms with Gasteiger partial charge in [0.25, 0.3) is 5.91 Å². The third-order valence-electron chi connectivity index (χ3n) is 4.38. The first kappa shape index (κ1) is 21.9. The molecule has 162 valence electrons. The Kier molecular flexibility index (Phi) is 7.67. The van der Waals surface area contributed by atoms with E-state index < -0.39 is 12.1 Å². The van der Waals surface area contributed by atoms with Gasteiger partial charge in [-0.3, -0.25) is 4.79 Å². The summed E-state index contributed by atoms with van der Waals surface area (Å²) in [6.45, 7) is 0.677. The van der Waals surface area contributed by atoms with E-state index in [0.717, 1.165) is 5.56 Å². The fourth-order valence-electron chi connectivity index (χ4n) is 2.76. The number of carboxylic acid groups (broad SMARTS) is 1. The summed E-state index contributed by atoms with van der Waals surface area (Å²) < 4.78 is 21.3. The van der Waals surface area contributed by atoms with E-state index in [1.807, 2.05) is 0 Å². The number of ether oxygens (including phenoxy) is 3. The van der Waals surface area contributed by atoms with Gasteiger partial charge in [0.1, 0.15) is 24.7 Å². The van der Waals surface area contributed by atoms with Crippen LogP contribution in [0.5, 0.6) is 11.5 Å². The summed E-state index contributed by atoms with van der Waals surface area (Å²) in [6, 6.07) is 17.4. The summed E-state index contributed by atoms with van der Waals surface area (Å²) >= 11 is 0. The van der Waals surface area contributed by atoms with Gasteiger partial charge >= 0.3 is 5.97 Å². The van der Waals surface area contributed by atoms with E-state index in [4.69, 9.17) is 23.7 Å². The molecule has 0 aliphatic heterocycles. The number of aliphatic carboxylic acids is 1. The van der Waals surface area contributed by atoms with Crippen molar-refractivity contribution in [2.45, 2.75) is 12.5 Å². The third kappa shape index (κ3) is 6.61. The van der Waals surface area contributed by atoms with Gasteiger partial charge in [-0.05, 0) is 54.1 Å². The van der Waals surface area contributed by atoms with Crippen LogP contribution >= 0.6 is 0 Å². The zero-order valence-electron chi connectivity index (χ0n) is 16.9. The Balaban J connectivity index is 1.39. The van der Waals surface area contributed by atoms with E-state index in [2.05, 4.69) is 5.32 Å². The summed E-state index contributed by atoms with van der Waals surface area (Å²) in [5.74, 6) is 0.236. The van der Waals surface area contributed by atoms with Gasteiger partial charge in [0.15, 0.2) is 11.9 Å². The normalized spacial score (nSPS) is 11.5. The zero-order chi connectivity index (χ0) is 22.1. The SMILES string of the molecule is CO[C@@H](Cc1ccc(OCCOc2ccc(NC(=O)c3ccco3)cc2)cc1)C(=O)O. The molecule has 1 atom stereocenters. The lowest BCUT2D eigenvalue weighted by Crippen LogP contribution is -2.24. The topological polar surface area (TPSA) is 107 Å². The first-order chi connectivity index (χ1) is 15.0. The van der Waals surface area contributed by atoms with Crippen molar-refractivity contribution in [2.75, 3.05) is 25.6 Å². The zero-order valence-corrected chi connectivity index (χ0v) is 16.9. The molecule has 2 N–H and O–H groups in total. The van der Waals surface area contributed by atoms with Gasteiger partial charge in [-0.1, -0.05) is 12.1 Å². The largest absolute Gasteiger partial charge is 0.490 e. The first-order valence-electron chi connectivity index (χ1n) is 9.60. The maximum Gasteiger partial charge on any atom is 0.333 e.